The molecule has 0 radical (unpaired) electrons. The highest BCUT2D eigenvalue weighted by Gasteiger charge is 2.27. The Morgan fingerprint density at radius 2 is 0.765 bits per heavy atom. The number of nitrogens with zero attached hydrogens (tertiary/aromatic N) is 6. The summed E-state index contributed by atoms with van der Waals surface area (Å²) in [6.45, 7) is 12.6. The maximum absolute atomic E-state index is 4.94. The Balaban J connectivity index is 1.79. The minimum absolute atomic E-state index is 0.245. The molecule has 0 atom stereocenters. The molecule has 34 heavy (non-hydrogen) atoms. The Bertz CT molecular complexity index is 1520. The maximum atomic E-state index is 4.94. The molecule has 3 aromatic carbocycles. The third-order valence-corrected chi connectivity index (χ3v) is 6.76. The normalized spacial score (nSPS) is 12.1. The van der Waals surface area contributed by atoms with Gasteiger partial charge in [-0.15, -0.1) is 0 Å². The highest BCUT2D eigenvalue weighted by atomic mass is 15.4. The standard InChI is InChI=1S/C28H28N6/c1-16-7-10-22-25(13-16)32(19(4)29-22)28(33-20(5)30-23-11-8-17(2)14-26(23)33)34-21(6)31-24-12-9-18(3)15-27(24)34/h7-15,28H,1-6H3. The van der Waals surface area contributed by atoms with E-state index in [2.05, 4.69) is 110 Å². The minimum atomic E-state index is -0.245. The fourth-order valence-electron chi connectivity index (χ4n) is 5.19. The van der Waals surface area contributed by atoms with Gasteiger partial charge < -0.3 is 0 Å². The average Bonchev–Trinajstić information content (AvgIpc) is 3.39. The molecular weight excluding hydrogens is 420 g/mol. The number of aromatic nitrogens is 6. The van der Waals surface area contributed by atoms with Crippen molar-refractivity contribution in [2.75, 3.05) is 0 Å². The van der Waals surface area contributed by atoms with Gasteiger partial charge in [0, 0.05) is 0 Å². The Kier molecular flexibility index (Phi) is 4.43. The summed E-state index contributed by atoms with van der Waals surface area (Å²) in [6, 6.07) is 19.4. The largest absolute Gasteiger partial charge is 0.288 e. The molecule has 0 amide bonds. The summed E-state index contributed by atoms with van der Waals surface area (Å²) in [5, 5.41) is 0. The van der Waals surface area contributed by atoms with Crippen LogP contribution in [-0.4, -0.2) is 28.7 Å². The van der Waals surface area contributed by atoms with Crippen molar-refractivity contribution in [3.8, 4) is 0 Å². The first-order valence-corrected chi connectivity index (χ1v) is 11.7. The Hall–Kier alpha value is -3.93. The summed E-state index contributed by atoms with van der Waals surface area (Å²) in [5.41, 5.74) is 9.90. The predicted octanol–water partition coefficient (Wildman–Crippen LogP) is 6.14. The van der Waals surface area contributed by atoms with Crippen molar-refractivity contribution in [1.82, 2.24) is 28.7 Å². The third-order valence-electron chi connectivity index (χ3n) is 6.76. The molecule has 0 aliphatic heterocycles. The van der Waals surface area contributed by atoms with Gasteiger partial charge in [0.1, 0.15) is 17.5 Å². The van der Waals surface area contributed by atoms with Crippen LogP contribution in [0, 0.1) is 41.5 Å². The van der Waals surface area contributed by atoms with Gasteiger partial charge in [-0.1, -0.05) is 18.2 Å². The van der Waals surface area contributed by atoms with Crippen LogP contribution in [-0.2, 0) is 0 Å². The van der Waals surface area contributed by atoms with E-state index in [9.17, 15) is 0 Å². The third kappa shape index (κ3) is 2.98. The van der Waals surface area contributed by atoms with Crippen LogP contribution in [0.2, 0.25) is 0 Å². The highest BCUT2D eigenvalue weighted by molar-refractivity contribution is 5.81. The van der Waals surface area contributed by atoms with E-state index in [1.807, 2.05) is 0 Å². The van der Waals surface area contributed by atoms with E-state index in [0.29, 0.717) is 0 Å². The van der Waals surface area contributed by atoms with E-state index in [1.165, 1.54) is 16.7 Å². The quantitative estimate of drug-likeness (QED) is 0.327. The molecule has 6 rings (SSSR count). The molecule has 0 unspecified atom stereocenters. The average molecular weight is 449 g/mol. The zero-order valence-electron chi connectivity index (χ0n) is 20.5. The number of hydrogen-bond donors (Lipinski definition) is 0. The first kappa shape index (κ1) is 20.7. The molecule has 6 aromatic rings. The second-order valence-electron chi connectivity index (χ2n) is 9.41. The maximum Gasteiger partial charge on any atom is 0.197 e. The van der Waals surface area contributed by atoms with Gasteiger partial charge in [-0.2, -0.15) is 0 Å². The lowest BCUT2D eigenvalue weighted by atomic mass is 10.2. The van der Waals surface area contributed by atoms with Crippen LogP contribution >= 0.6 is 0 Å². The van der Waals surface area contributed by atoms with Crippen molar-refractivity contribution in [3.63, 3.8) is 0 Å². The Morgan fingerprint density at radius 1 is 0.471 bits per heavy atom. The topological polar surface area (TPSA) is 53.5 Å². The molecule has 3 heterocycles. The van der Waals surface area contributed by atoms with Gasteiger partial charge in [-0.25, -0.2) is 15.0 Å². The van der Waals surface area contributed by atoms with E-state index in [0.717, 1.165) is 50.6 Å². The van der Waals surface area contributed by atoms with E-state index in [-0.39, 0.29) is 6.29 Å². The number of rotatable bonds is 3. The minimum Gasteiger partial charge on any atom is -0.288 e. The molecule has 3 aromatic heterocycles. The van der Waals surface area contributed by atoms with Gasteiger partial charge in [0.05, 0.1) is 33.1 Å². The van der Waals surface area contributed by atoms with Crippen molar-refractivity contribution < 1.29 is 0 Å². The van der Waals surface area contributed by atoms with Crippen molar-refractivity contribution in [1.29, 1.82) is 0 Å². The molecule has 6 heteroatoms. The molecular formula is C28H28N6. The second kappa shape index (κ2) is 7.29. The van der Waals surface area contributed by atoms with Crippen molar-refractivity contribution >= 4 is 33.1 Å². The fraction of sp³-hybridized carbons (Fsp3) is 0.250. The Morgan fingerprint density at radius 3 is 1.06 bits per heavy atom. The molecule has 0 aliphatic rings. The van der Waals surface area contributed by atoms with Crippen LogP contribution in [0.1, 0.15) is 40.5 Å². The van der Waals surface area contributed by atoms with E-state index < -0.39 is 0 Å². The van der Waals surface area contributed by atoms with Gasteiger partial charge in [0.2, 0.25) is 0 Å². The highest BCUT2D eigenvalue weighted by Crippen LogP contribution is 2.33. The van der Waals surface area contributed by atoms with E-state index >= 15 is 0 Å². The molecule has 0 bridgehead atoms. The van der Waals surface area contributed by atoms with Crippen LogP contribution < -0.4 is 0 Å². The molecule has 0 saturated carbocycles. The smallest absolute Gasteiger partial charge is 0.197 e. The zero-order chi connectivity index (χ0) is 23.7. The van der Waals surface area contributed by atoms with Gasteiger partial charge in [0.25, 0.3) is 0 Å². The molecule has 6 nitrogen and oxygen atoms in total. The summed E-state index contributed by atoms with van der Waals surface area (Å²) in [6.07, 6.45) is -0.245. The van der Waals surface area contributed by atoms with Gasteiger partial charge in [-0.3, -0.25) is 13.7 Å². The number of aryl methyl sites for hydroxylation is 6. The SMILES string of the molecule is Cc1ccc2nc(C)n(C(n3c(C)nc4ccc(C)cc43)n3c(C)nc4ccc(C)cc43)c2c1. The summed E-state index contributed by atoms with van der Waals surface area (Å²) < 4.78 is 6.99. The van der Waals surface area contributed by atoms with Gasteiger partial charge >= 0.3 is 0 Å². The number of benzene rings is 3. The molecule has 0 saturated heterocycles. The first-order valence-electron chi connectivity index (χ1n) is 11.7. The van der Waals surface area contributed by atoms with Crippen LogP contribution in [0.15, 0.2) is 54.6 Å². The molecule has 0 fully saturated rings. The second-order valence-corrected chi connectivity index (χ2v) is 9.41. The summed E-state index contributed by atoms with van der Waals surface area (Å²) in [7, 11) is 0. The summed E-state index contributed by atoms with van der Waals surface area (Å²) >= 11 is 0. The lowest BCUT2D eigenvalue weighted by molar-refractivity contribution is 0.375. The van der Waals surface area contributed by atoms with Gasteiger partial charge in [0.15, 0.2) is 6.29 Å². The van der Waals surface area contributed by atoms with Crippen LogP contribution in [0.5, 0.6) is 0 Å². The zero-order valence-corrected chi connectivity index (χ0v) is 20.5. The summed E-state index contributed by atoms with van der Waals surface area (Å²) in [5.74, 6) is 2.86. The predicted molar refractivity (Wildman–Crippen MR) is 137 cm³/mol. The van der Waals surface area contributed by atoms with E-state index in [1.54, 1.807) is 0 Å². The van der Waals surface area contributed by atoms with E-state index in [4.69, 9.17) is 15.0 Å². The number of fused-ring (bicyclic) bond motifs is 3. The van der Waals surface area contributed by atoms with Crippen molar-refractivity contribution in [2.45, 2.75) is 47.8 Å². The molecule has 0 N–H and O–H groups in total. The van der Waals surface area contributed by atoms with Crippen LogP contribution in [0.4, 0.5) is 0 Å². The van der Waals surface area contributed by atoms with Crippen molar-refractivity contribution in [3.05, 3.63) is 88.8 Å². The number of hydrogen-bond acceptors (Lipinski definition) is 3. The van der Waals surface area contributed by atoms with Crippen molar-refractivity contribution in [2.24, 2.45) is 0 Å². The molecule has 0 spiro atoms. The first-order chi connectivity index (χ1) is 16.3. The lowest BCUT2D eigenvalue weighted by Gasteiger charge is -2.28. The van der Waals surface area contributed by atoms with Gasteiger partial charge in [-0.05, 0) is 94.6 Å². The monoisotopic (exact) mass is 448 g/mol. The fourth-order valence-corrected chi connectivity index (χ4v) is 5.19. The molecule has 0 aliphatic carbocycles. The van der Waals surface area contributed by atoms with Crippen LogP contribution in [0.25, 0.3) is 33.1 Å². The van der Waals surface area contributed by atoms with Crippen LogP contribution in [0.3, 0.4) is 0 Å². The number of imidazole rings is 3. The lowest BCUT2D eigenvalue weighted by Crippen LogP contribution is -2.28. The Labute approximate surface area is 198 Å². The summed E-state index contributed by atoms with van der Waals surface area (Å²) in [4.78, 5) is 14.8. The molecule has 170 valence electrons.